The molecule has 0 unspecified atom stereocenters. The molecule has 0 saturated carbocycles. The molecule has 0 radical (unpaired) electrons. The van der Waals surface area contributed by atoms with Crippen molar-refractivity contribution >= 4 is 0 Å². The Morgan fingerprint density at radius 1 is 1.36 bits per heavy atom. The molecular weight excluding hydrogens is 176 g/mol. The van der Waals surface area contributed by atoms with Crippen LogP contribution in [0.3, 0.4) is 0 Å². The van der Waals surface area contributed by atoms with Gasteiger partial charge in [-0.2, -0.15) is 0 Å². The van der Waals surface area contributed by atoms with Gasteiger partial charge >= 0.3 is 0 Å². The molecule has 14 heavy (non-hydrogen) atoms. The molecule has 1 aliphatic heterocycles. The second-order valence-electron chi connectivity index (χ2n) is 4.59. The topological polar surface area (TPSA) is 26.2 Å². The van der Waals surface area contributed by atoms with E-state index >= 15 is 0 Å². The van der Waals surface area contributed by atoms with E-state index in [0.29, 0.717) is 5.41 Å². The number of hydrogen-bond acceptors (Lipinski definition) is 2. The highest BCUT2D eigenvalue weighted by molar-refractivity contribution is 5.15. The second kappa shape index (κ2) is 3.31. The fraction of sp³-hybridized carbons (Fsp3) is 0.636. The monoisotopic (exact) mass is 194 g/mol. The molecule has 2 rings (SSSR count). The average molecular weight is 194 g/mol. The van der Waals surface area contributed by atoms with E-state index in [-0.39, 0.29) is 0 Å². The summed E-state index contributed by atoms with van der Waals surface area (Å²) in [5, 5.41) is 0. The van der Waals surface area contributed by atoms with Crippen LogP contribution in [0.1, 0.15) is 18.3 Å². The molecule has 0 spiro atoms. The summed E-state index contributed by atoms with van der Waals surface area (Å²) < 4.78 is 7.36. The summed E-state index contributed by atoms with van der Waals surface area (Å²) >= 11 is 0. The van der Waals surface area contributed by atoms with Gasteiger partial charge in [0.15, 0.2) is 0 Å². The number of aromatic nitrogens is 1. The predicted molar refractivity (Wildman–Crippen MR) is 57.1 cm³/mol. The van der Waals surface area contributed by atoms with Crippen molar-refractivity contribution in [3.63, 3.8) is 0 Å². The lowest BCUT2D eigenvalue weighted by molar-refractivity contribution is -0.0936. The number of hydrogen-bond donors (Lipinski definition) is 1. The summed E-state index contributed by atoms with van der Waals surface area (Å²) in [5.74, 6) is 0. The summed E-state index contributed by atoms with van der Waals surface area (Å²) in [6.07, 6.45) is 0. The second-order valence-corrected chi connectivity index (χ2v) is 4.59. The minimum Gasteiger partial charge on any atom is -0.380 e. The lowest BCUT2D eigenvalue weighted by Crippen LogP contribution is -2.46. The number of rotatable bonds is 3. The van der Waals surface area contributed by atoms with E-state index in [1.807, 2.05) is 0 Å². The molecule has 1 aliphatic rings. The van der Waals surface area contributed by atoms with Crippen LogP contribution in [0.2, 0.25) is 0 Å². The Labute approximate surface area is 85.0 Å². The van der Waals surface area contributed by atoms with Gasteiger partial charge in [-0.3, -0.25) is 4.68 Å². The van der Waals surface area contributed by atoms with E-state index in [0.717, 1.165) is 19.8 Å². The van der Waals surface area contributed by atoms with Crippen LogP contribution in [0.5, 0.6) is 0 Å². The summed E-state index contributed by atoms with van der Waals surface area (Å²) in [6.45, 7) is 9.19. The van der Waals surface area contributed by atoms with Crippen molar-refractivity contribution in [2.75, 3.05) is 25.2 Å². The van der Waals surface area contributed by atoms with Gasteiger partial charge in [0, 0.05) is 23.3 Å². The summed E-state index contributed by atoms with van der Waals surface area (Å²) in [4.78, 5) is 0. The third kappa shape index (κ3) is 1.64. The Morgan fingerprint density at radius 2 is 1.93 bits per heavy atom. The third-order valence-corrected chi connectivity index (χ3v) is 2.84. The molecule has 1 saturated heterocycles. The molecule has 1 fully saturated rings. The van der Waals surface area contributed by atoms with Gasteiger partial charge in [-0.1, -0.05) is 6.92 Å². The van der Waals surface area contributed by atoms with Crippen molar-refractivity contribution < 1.29 is 4.74 Å². The minimum atomic E-state index is 0.323. The smallest absolute Gasteiger partial charge is 0.0559 e. The summed E-state index contributed by atoms with van der Waals surface area (Å²) in [5.41, 5.74) is 6.27. The van der Waals surface area contributed by atoms with Crippen LogP contribution < -0.4 is 5.43 Å². The molecule has 3 nitrogen and oxygen atoms in total. The molecule has 0 aromatic carbocycles. The zero-order valence-corrected chi connectivity index (χ0v) is 9.13. The van der Waals surface area contributed by atoms with Crippen LogP contribution in [-0.2, 0) is 4.74 Å². The molecule has 3 heteroatoms. The van der Waals surface area contributed by atoms with Gasteiger partial charge in [-0.05, 0) is 26.0 Å². The van der Waals surface area contributed by atoms with E-state index in [1.54, 1.807) is 0 Å². The van der Waals surface area contributed by atoms with Gasteiger partial charge in [0.25, 0.3) is 0 Å². The number of aryl methyl sites for hydroxylation is 2. The molecule has 2 heterocycles. The summed E-state index contributed by atoms with van der Waals surface area (Å²) in [7, 11) is 0. The van der Waals surface area contributed by atoms with Gasteiger partial charge in [-0.25, -0.2) is 0 Å². The van der Waals surface area contributed by atoms with E-state index in [2.05, 4.69) is 43.0 Å². The van der Waals surface area contributed by atoms with Crippen molar-refractivity contribution in [1.29, 1.82) is 0 Å². The third-order valence-electron chi connectivity index (χ3n) is 2.84. The van der Waals surface area contributed by atoms with Crippen molar-refractivity contribution in [3.8, 4) is 0 Å². The first kappa shape index (κ1) is 9.59. The molecule has 0 bridgehead atoms. The molecule has 0 atom stereocenters. The van der Waals surface area contributed by atoms with Crippen molar-refractivity contribution in [2.24, 2.45) is 5.41 Å². The predicted octanol–water partition coefficient (Wildman–Crippen LogP) is 1.68. The highest BCUT2D eigenvalue weighted by Gasteiger charge is 2.33. The van der Waals surface area contributed by atoms with Gasteiger partial charge in [-0.15, -0.1) is 0 Å². The molecular formula is C11H18N2O. The first-order valence-corrected chi connectivity index (χ1v) is 5.07. The van der Waals surface area contributed by atoms with Crippen LogP contribution >= 0.6 is 0 Å². The van der Waals surface area contributed by atoms with Crippen LogP contribution in [-0.4, -0.2) is 24.4 Å². The Bertz CT molecular complexity index is 307. The van der Waals surface area contributed by atoms with Crippen LogP contribution in [0.25, 0.3) is 0 Å². The Morgan fingerprint density at radius 3 is 2.36 bits per heavy atom. The minimum absolute atomic E-state index is 0.323. The lowest BCUT2D eigenvalue weighted by Gasteiger charge is -2.38. The van der Waals surface area contributed by atoms with Crippen molar-refractivity contribution in [2.45, 2.75) is 20.8 Å². The normalized spacial score (nSPS) is 19.1. The van der Waals surface area contributed by atoms with E-state index in [9.17, 15) is 0 Å². The summed E-state index contributed by atoms with van der Waals surface area (Å²) in [6, 6.07) is 4.25. The Hall–Kier alpha value is -0.960. The number of nitrogens with one attached hydrogen (secondary N) is 1. The SMILES string of the molecule is Cc1ccc(C)n1NCC1(C)COC1. The van der Waals surface area contributed by atoms with E-state index < -0.39 is 0 Å². The number of nitrogens with zero attached hydrogens (tertiary/aromatic N) is 1. The molecule has 0 amide bonds. The van der Waals surface area contributed by atoms with Crippen molar-refractivity contribution in [1.82, 2.24) is 4.68 Å². The maximum absolute atomic E-state index is 5.22. The van der Waals surface area contributed by atoms with Crippen LogP contribution in [0.4, 0.5) is 0 Å². The Balaban J connectivity index is 1.97. The molecule has 1 N–H and O–H groups in total. The van der Waals surface area contributed by atoms with Crippen LogP contribution in [0.15, 0.2) is 12.1 Å². The van der Waals surface area contributed by atoms with Gasteiger partial charge in [0.2, 0.25) is 0 Å². The molecule has 78 valence electrons. The maximum atomic E-state index is 5.22. The van der Waals surface area contributed by atoms with Gasteiger partial charge < -0.3 is 10.2 Å². The standard InChI is InChI=1S/C11H18N2O/c1-9-4-5-10(2)13(9)12-6-11(3)7-14-8-11/h4-5,12H,6-8H2,1-3H3. The average Bonchev–Trinajstić information content (AvgIpc) is 2.41. The van der Waals surface area contributed by atoms with E-state index in [1.165, 1.54) is 11.4 Å². The fourth-order valence-corrected chi connectivity index (χ4v) is 1.74. The highest BCUT2D eigenvalue weighted by atomic mass is 16.5. The Kier molecular flexibility index (Phi) is 2.27. The van der Waals surface area contributed by atoms with E-state index in [4.69, 9.17) is 4.74 Å². The largest absolute Gasteiger partial charge is 0.380 e. The molecule has 1 aromatic heterocycles. The van der Waals surface area contributed by atoms with Gasteiger partial charge in [0.05, 0.1) is 13.2 Å². The zero-order valence-electron chi connectivity index (χ0n) is 9.13. The fourth-order valence-electron chi connectivity index (χ4n) is 1.74. The van der Waals surface area contributed by atoms with Crippen molar-refractivity contribution in [3.05, 3.63) is 23.5 Å². The quantitative estimate of drug-likeness (QED) is 0.792. The maximum Gasteiger partial charge on any atom is 0.0559 e. The first-order valence-electron chi connectivity index (χ1n) is 5.07. The van der Waals surface area contributed by atoms with Crippen LogP contribution in [0, 0.1) is 19.3 Å². The highest BCUT2D eigenvalue weighted by Crippen LogP contribution is 2.25. The zero-order chi connectivity index (χ0) is 10.2. The molecule has 1 aromatic rings. The molecule has 0 aliphatic carbocycles. The first-order chi connectivity index (χ1) is 6.61. The number of ether oxygens (including phenoxy) is 1. The lowest BCUT2D eigenvalue weighted by atomic mass is 9.89. The van der Waals surface area contributed by atoms with Gasteiger partial charge in [0.1, 0.15) is 0 Å².